The van der Waals surface area contributed by atoms with Crippen LogP contribution in [0.15, 0.2) is 33.3 Å². The average molecular weight is 230 g/mol. The molecule has 0 bridgehead atoms. The van der Waals surface area contributed by atoms with Crippen LogP contribution in [0.5, 0.6) is 0 Å². The van der Waals surface area contributed by atoms with Gasteiger partial charge in [-0.2, -0.15) is 0 Å². The van der Waals surface area contributed by atoms with E-state index in [1.165, 1.54) is 18.1 Å². The molecule has 2 rings (SSSR count). The Labute approximate surface area is 88.2 Å². The first kappa shape index (κ1) is 8.93. The molecule has 13 heavy (non-hydrogen) atoms. The fourth-order valence-electron chi connectivity index (χ4n) is 0.723. The second-order valence-corrected chi connectivity index (χ2v) is 4.63. The Kier molecular flexibility index (Phi) is 2.77. The molecule has 0 aromatic carbocycles. The fourth-order valence-corrected chi connectivity index (χ4v) is 2.47. The highest BCUT2D eigenvalue weighted by Crippen LogP contribution is 2.27. The van der Waals surface area contributed by atoms with Gasteiger partial charge in [0.2, 0.25) is 0 Å². The van der Waals surface area contributed by atoms with Crippen LogP contribution in [0.1, 0.15) is 0 Å². The lowest BCUT2D eigenvalue weighted by Crippen LogP contribution is -1.81. The maximum absolute atomic E-state index is 5.70. The van der Waals surface area contributed by atoms with Crippen LogP contribution < -0.4 is 0 Å². The smallest absolute Gasteiger partial charge is 0.156 e. The number of hydrogen-bond donors (Lipinski definition) is 0. The van der Waals surface area contributed by atoms with Crippen LogP contribution in [0.4, 0.5) is 0 Å². The zero-order chi connectivity index (χ0) is 9.10. The van der Waals surface area contributed by atoms with E-state index in [0.717, 1.165) is 9.37 Å². The third-order valence-electron chi connectivity index (χ3n) is 1.21. The van der Waals surface area contributed by atoms with Crippen molar-refractivity contribution >= 4 is 34.7 Å². The van der Waals surface area contributed by atoms with E-state index in [2.05, 4.69) is 15.0 Å². The van der Waals surface area contributed by atoms with Gasteiger partial charge >= 0.3 is 0 Å². The van der Waals surface area contributed by atoms with Gasteiger partial charge in [0.15, 0.2) is 4.34 Å². The van der Waals surface area contributed by atoms with E-state index in [4.69, 9.17) is 11.6 Å². The summed E-state index contributed by atoms with van der Waals surface area (Å²) >= 11 is 8.76. The molecule has 0 saturated carbocycles. The van der Waals surface area contributed by atoms with Crippen molar-refractivity contribution < 1.29 is 0 Å². The Balaban J connectivity index is 2.19. The van der Waals surface area contributed by atoms with Crippen molar-refractivity contribution in [2.24, 2.45) is 0 Å². The number of aromatic nitrogens is 3. The summed E-state index contributed by atoms with van der Waals surface area (Å²) in [5.41, 5.74) is 0. The van der Waals surface area contributed by atoms with E-state index in [0.29, 0.717) is 5.15 Å². The molecule has 0 aliphatic carbocycles. The molecule has 2 aromatic heterocycles. The van der Waals surface area contributed by atoms with Gasteiger partial charge in [0.05, 0.1) is 0 Å². The van der Waals surface area contributed by atoms with Gasteiger partial charge in [0.1, 0.15) is 16.5 Å². The van der Waals surface area contributed by atoms with Crippen molar-refractivity contribution in [2.45, 2.75) is 9.37 Å². The third kappa shape index (κ3) is 2.40. The highest BCUT2D eigenvalue weighted by atomic mass is 35.5. The third-order valence-corrected chi connectivity index (χ3v) is 3.23. The van der Waals surface area contributed by atoms with Gasteiger partial charge < -0.3 is 0 Å². The number of rotatable bonds is 2. The lowest BCUT2D eigenvalue weighted by Gasteiger charge is -1.95. The Morgan fingerprint density at radius 1 is 1.31 bits per heavy atom. The van der Waals surface area contributed by atoms with Gasteiger partial charge in [-0.15, -0.1) is 11.3 Å². The summed E-state index contributed by atoms with van der Waals surface area (Å²) in [7, 11) is 0. The second-order valence-electron chi connectivity index (χ2n) is 2.08. The van der Waals surface area contributed by atoms with Gasteiger partial charge in [0, 0.05) is 17.6 Å². The molecular weight excluding hydrogens is 226 g/mol. The lowest BCUT2D eigenvalue weighted by molar-refractivity contribution is 1.04. The van der Waals surface area contributed by atoms with Crippen LogP contribution in [0.2, 0.25) is 5.15 Å². The Bertz CT molecular complexity index is 390. The molecular formula is C7H4ClN3S2. The Hall–Kier alpha value is -0.650. The summed E-state index contributed by atoms with van der Waals surface area (Å²) in [5, 5.41) is 3.19. The summed E-state index contributed by atoms with van der Waals surface area (Å²) in [6.07, 6.45) is 3.20. The number of nitrogens with zero attached hydrogens (tertiary/aromatic N) is 3. The van der Waals surface area contributed by atoms with Crippen molar-refractivity contribution in [3.63, 3.8) is 0 Å². The highest BCUT2D eigenvalue weighted by molar-refractivity contribution is 8.00. The molecule has 0 radical (unpaired) electrons. The SMILES string of the molecule is Clc1cc(Sc2nccs2)ncn1. The van der Waals surface area contributed by atoms with E-state index in [9.17, 15) is 0 Å². The molecule has 66 valence electrons. The second kappa shape index (κ2) is 4.04. The molecule has 0 spiro atoms. The molecule has 0 amide bonds. The molecule has 2 heterocycles. The zero-order valence-electron chi connectivity index (χ0n) is 6.35. The molecule has 0 unspecified atom stereocenters. The van der Waals surface area contributed by atoms with Crippen LogP contribution in [0, 0.1) is 0 Å². The van der Waals surface area contributed by atoms with Gasteiger partial charge in [-0.1, -0.05) is 11.6 Å². The Morgan fingerprint density at radius 2 is 2.23 bits per heavy atom. The Morgan fingerprint density at radius 3 is 2.92 bits per heavy atom. The normalized spacial score (nSPS) is 10.2. The molecule has 2 aromatic rings. The molecule has 0 N–H and O–H groups in total. The van der Waals surface area contributed by atoms with Crippen LogP contribution in [-0.4, -0.2) is 15.0 Å². The van der Waals surface area contributed by atoms with E-state index >= 15 is 0 Å². The molecule has 0 aliphatic heterocycles. The summed E-state index contributed by atoms with van der Waals surface area (Å²) in [6.45, 7) is 0. The van der Waals surface area contributed by atoms with Crippen molar-refractivity contribution in [3.8, 4) is 0 Å². The first-order valence-corrected chi connectivity index (χ1v) is 5.47. The zero-order valence-corrected chi connectivity index (χ0v) is 8.73. The topological polar surface area (TPSA) is 38.7 Å². The number of hydrogen-bond acceptors (Lipinski definition) is 5. The predicted molar refractivity (Wildman–Crippen MR) is 53.3 cm³/mol. The highest BCUT2D eigenvalue weighted by Gasteiger charge is 2.01. The van der Waals surface area contributed by atoms with Crippen molar-refractivity contribution in [2.75, 3.05) is 0 Å². The minimum Gasteiger partial charge on any atom is -0.238 e. The van der Waals surface area contributed by atoms with Crippen LogP contribution in [0.25, 0.3) is 0 Å². The molecule has 6 heteroatoms. The van der Waals surface area contributed by atoms with Crippen molar-refractivity contribution in [3.05, 3.63) is 29.1 Å². The number of halogens is 1. The van der Waals surface area contributed by atoms with Crippen LogP contribution in [-0.2, 0) is 0 Å². The van der Waals surface area contributed by atoms with E-state index in [1.807, 2.05) is 5.38 Å². The maximum atomic E-state index is 5.70. The minimum atomic E-state index is 0.453. The number of thiazole rings is 1. The molecule has 0 saturated heterocycles. The van der Waals surface area contributed by atoms with Gasteiger partial charge in [-0.3, -0.25) is 0 Å². The first-order valence-electron chi connectivity index (χ1n) is 3.39. The van der Waals surface area contributed by atoms with Crippen molar-refractivity contribution in [1.29, 1.82) is 0 Å². The standard InChI is InChI=1S/C7H4ClN3S2/c8-5-3-6(11-4-10-5)13-7-9-1-2-12-7/h1-4H. The molecule has 0 aliphatic rings. The maximum Gasteiger partial charge on any atom is 0.156 e. The van der Waals surface area contributed by atoms with Crippen molar-refractivity contribution in [1.82, 2.24) is 15.0 Å². The summed E-state index contributed by atoms with van der Waals surface area (Å²) < 4.78 is 0.953. The van der Waals surface area contributed by atoms with E-state index in [1.54, 1.807) is 23.6 Å². The fraction of sp³-hybridized carbons (Fsp3) is 0. The monoisotopic (exact) mass is 229 g/mol. The molecule has 3 nitrogen and oxygen atoms in total. The first-order chi connectivity index (χ1) is 6.34. The lowest BCUT2D eigenvalue weighted by atomic mass is 10.7. The predicted octanol–water partition coefficient (Wildman–Crippen LogP) is 2.74. The van der Waals surface area contributed by atoms with E-state index < -0.39 is 0 Å². The van der Waals surface area contributed by atoms with E-state index in [-0.39, 0.29) is 0 Å². The van der Waals surface area contributed by atoms with Crippen LogP contribution in [0.3, 0.4) is 0 Å². The van der Waals surface area contributed by atoms with Gasteiger partial charge in [-0.25, -0.2) is 15.0 Å². The van der Waals surface area contributed by atoms with Crippen LogP contribution >= 0.6 is 34.7 Å². The summed E-state index contributed by atoms with van der Waals surface area (Å²) in [4.78, 5) is 12.0. The largest absolute Gasteiger partial charge is 0.238 e. The minimum absolute atomic E-state index is 0.453. The van der Waals surface area contributed by atoms with Gasteiger partial charge in [-0.05, 0) is 11.8 Å². The average Bonchev–Trinajstić information content (AvgIpc) is 2.57. The quantitative estimate of drug-likeness (QED) is 0.743. The summed E-state index contributed by atoms with van der Waals surface area (Å²) in [6, 6.07) is 1.72. The summed E-state index contributed by atoms with van der Waals surface area (Å²) in [5.74, 6) is 0. The molecule has 0 fully saturated rings. The molecule has 0 atom stereocenters. The van der Waals surface area contributed by atoms with Gasteiger partial charge in [0.25, 0.3) is 0 Å².